The average molecular weight is 282 g/mol. The summed E-state index contributed by atoms with van der Waals surface area (Å²) in [5.74, 6) is 1.72. The van der Waals surface area contributed by atoms with Crippen molar-refractivity contribution >= 4 is 0 Å². The first-order valence-corrected chi connectivity index (χ1v) is 8.69. The zero-order chi connectivity index (χ0) is 14.5. The molecule has 5 atom stereocenters. The monoisotopic (exact) mass is 282 g/mol. The van der Waals surface area contributed by atoms with Gasteiger partial charge in [-0.05, 0) is 57.9 Å². The third-order valence-corrected chi connectivity index (χ3v) is 4.89. The van der Waals surface area contributed by atoms with Crippen LogP contribution in [0.2, 0.25) is 0 Å². The van der Waals surface area contributed by atoms with Crippen LogP contribution in [0.3, 0.4) is 0 Å². The van der Waals surface area contributed by atoms with Crippen LogP contribution >= 0.6 is 0 Å². The summed E-state index contributed by atoms with van der Waals surface area (Å²) in [6, 6.07) is 0.736. The van der Waals surface area contributed by atoms with Crippen molar-refractivity contribution in [1.82, 2.24) is 10.2 Å². The molecule has 0 aromatic carbocycles. The van der Waals surface area contributed by atoms with E-state index in [1.165, 1.54) is 38.8 Å². The Morgan fingerprint density at radius 1 is 1.10 bits per heavy atom. The number of ether oxygens (including phenoxy) is 1. The zero-order valence-corrected chi connectivity index (χ0v) is 13.9. The number of hydrogen-bond donors (Lipinski definition) is 1. The van der Waals surface area contributed by atoms with Crippen molar-refractivity contribution in [3.8, 4) is 0 Å². The van der Waals surface area contributed by atoms with Gasteiger partial charge in [0.2, 0.25) is 0 Å². The van der Waals surface area contributed by atoms with Gasteiger partial charge in [0.15, 0.2) is 0 Å². The van der Waals surface area contributed by atoms with E-state index in [9.17, 15) is 0 Å². The van der Waals surface area contributed by atoms with E-state index < -0.39 is 0 Å². The smallest absolute Gasteiger partial charge is 0.0678 e. The van der Waals surface area contributed by atoms with Gasteiger partial charge in [-0.15, -0.1) is 0 Å². The van der Waals surface area contributed by atoms with Crippen LogP contribution in [-0.2, 0) is 4.74 Å². The Morgan fingerprint density at radius 3 is 2.45 bits per heavy atom. The Hall–Kier alpha value is -0.120. The van der Waals surface area contributed by atoms with Crippen molar-refractivity contribution in [2.24, 2.45) is 11.8 Å². The second kappa shape index (κ2) is 7.77. The van der Waals surface area contributed by atoms with Crippen LogP contribution in [0.4, 0.5) is 0 Å². The van der Waals surface area contributed by atoms with Crippen LogP contribution < -0.4 is 5.32 Å². The summed E-state index contributed by atoms with van der Waals surface area (Å²) >= 11 is 0. The quantitative estimate of drug-likeness (QED) is 0.839. The molecular formula is C17H34N2O. The molecule has 0 aromatic rings. The van der Waals surface area contributed by atoms with Crippen LogP contribution in [0.1, 0.15) is 53.4 Å². The topological polar surface area (TPSA) is 24.5 Å². The van der Waals surface area contributed by atoms with Crippen molar-refractivity contribution in [2.75, 3.05) is 26.2 Å². The van der Waals surface area contributed by atoms with Crippen molar-refractivity contribution in [3.05, 3.63) is 0 Å². The number of rotatable bonds is 5. The first-order chi connectivity index (χ1) is 9.58. The summed E-state index contributed by atoms with van der Waals surface area (Å²) < 4.78 is 5.86. The molecule has 1 heterocycles. The van der Waals surface area contributed by atoms with Crippen LogP contribution in [0.25, 0.3) is 0 Å². The third-order valence-electron chi connectivity index (χ3n) is 4.89. The van der Waals surface area contributed by atoms with Gasteiger partial charge < -0.3 is 10.1 Å². The van der Waals surface area contributed by atoms with Crippen LogP contribution in [-0.4, -0.2) is 49.3 Å². The molecule has 1 aliphatic carbocycles. The minimum Gasteiger partial charge on any atom is -0.373 e. The molecule has 2 fully saturated rings. The second-order valence-corrected chi connectivity index (χ2v) is 7.21. The van der Waals surface area contributed by atoms with E-state index in [0.717, 1.165) is 31.0 Å². The highest BCUT2D eigenvalue weighted by atomic mass is 16.5. The summed E-state index contributed by atoms with van der Waals surface area (Å²) in [5, 5.41) is 3.80. The van der Waals surface area contributed by atoms with E-state index in [4.69, 9.17) is 4.74 Å². The van der Waals surface area contributed by atoms with Gasteiger partial charge in [0.1, 0.15) is 0 Å². The van der Waals surface area contributed by atoms with E-state index >= 15 is 0 Å². The van der Waals surface area contributed by atoms with Crippen molar-refractivity contribution in [2.45, 2.75) is 71.6 Å². The van der Waals surface area contributed by atoms with E-state index in [1.54, 1.807) is 0 Å². The lowest BCUT2D eigenvalue weighted by Crippen LogP contribution is -2.51. The van der Waals surface area contributed by atoms with E-state index in [-0.39, 0.29) is 0 Å². The number of morpholine rings is 1. The second-order valence-electron chi connectivity index (χ2n) is 7.21. The fourth-order valence-corrected chi connectivity index (χ4v) is 4.06. The van der Waals surface area contributed by atoms with E-state index in [0.29, 0.717) is 12.2 Å². The molecule has 1 saturated heterocycles. The van der Waals surface area contributed by atoms with Crippen LogP contribution in [0, 0.1) is 11.8 Å². The van der Waals surface area contributed by atoms with Crippen LogP contribution in [0.5, 0.6) is 0 Å². The molecule has 2 aliphatic rings. The average Bonchev–Trinajstić information content (AvgIpc) is 2.36. The SMILES string of the molecule is CCCNC1CCC(C)CC1CN1C[C@@H](C)O[C@@H](C)C1. The Kier molecular flexibility index (Phi) is 6.31. The summed E-state index contributed by atoms with van der Waals surface area (Å²) in [4.78, 5) is 2.64. The first-order valence-electron chi connectivity index (χ1n) is 8.69. The molecule has 20 heavy (non-hydrogen) atoms. The molecule has 0 aromatic heterocycles. The van der Waals surface area contributed by atoms with E-state index in [2.05, 4.69) is 37.9 Å². The highest BCUT2D eigenvalue weighted by Gasteiger charge is 2.31. The minimum atomic E-state index is 0.391. The highest BCUT2D eigenvalue weighted by Crippen LogP contribution is 2.30. The molecule has 1 N–H and O–H groups in total. The number of nitrogens with one attached hydrogen (secondary N) is 1. The number of nitrogens with zero attached hydrogens (tertiary/aromatic N) is 1. The largest absolute Gasteiger partial charge is 0.373 e. The molecule has 118 valence electrons. The molecule has 0 radical (unpaired) electrons. The Morgan fingerprint density at radius 2 is 1.80 bits per heavy atom. The lowest BCUT2D eigenvalue weighted by atomic mass is 9.78. The van der Waals surface area contributed by atoms with Crippen molar-refractivity contribution < 1.29 is 4.74 Å². The molecule has 0 amide bonds. The standard InChI is InChI=1S/C17H34N2O/c1-5-8-18-17-7-6-13(2)9-16(17)12-19-10-14(3)20-15(4)11-19/h13-18H,5-12H2,1-4H3/t13?,14-,15+,16?,17?. The molecular weight excluding hydrogens is 248 g/mol. The van der Waals surface area contributed by atoms with Crippen LogP contribution in [0.15, 0.2) is 0 Å². The van der Waals surface area contributed by atoms with Gasteiger partial charge in [-0.1, -0.05) is 13.8 Å². The summed E-state index contributed by atoms with van der Waals surface area (Å²) in [6.07, 6.45) is 6.17. The van der Waals surface area contributed by atoms with Gasteiger partial charge in [0.05, 0.1) is 12.2 Å². The van der Waals surface area contributed by atoms with E-state index in [1.807, 2.05) is 0 Å². The molecule has 3 heteroatoms. The maximum Gasteiger partial charge on any atom is 0.0678 e. The third kappa shape index (κ3) is 4.71. The van der Waals surface area contributed by atoms with Gasteiger partial charge in [-0.3, -0.25) is 4.90 Å². The summed E-state index contributed by atoms with van der Waals surface area (Å²) in [6.45, 7) is 13.7. The molecule has 2 rings (SSSR count). The van der Waals surface area contributed by atoms with Gasteiger partial charge in [-0.2, -0.15) is 0 Å². The molecule has 3 unspecified atom stereocenters. The van der Waals surface area contributed by atoms with Crippen molar-refractivity contribution in [3.63, 3.8) is 0 Å². The zero-order valence-electron chi connectivity index (χ0n) is 13.9. The maximum atomic E-state index is 5.86. The molecule has 3 nitrogen and oxygen atoms in total. The minimum absolute atomic E-state index is 0.391. The lowest BCUT2D eigenvalue weighted by Gasteiger charge is -2.42. The Bertz CT molecular complexity index is 272. The maximum absolute atomic E-state index is 5.86. The van der Waals surface area contributed by atoms with Gasteiger partial charge in [0, 0.05) is 25.7 Å². The Labute approximate surface area is 125 Å². The van der Waals surface area contributed by atoms with Gasteiger partial charge in [-0.25, -0.2) is 0 Å². The van der Waals surface area contributed by atoms with Gasteiger partial charge in [0.25, 0.3) is 0 Å². The van der Waals surface area contributed by atoms with Crippen molar-refractivity contribution in [1.29, 1.82) is 0 Å². The fraction of sp³-hybridized carbons (Fsp3) is 1.00. The molecule has 0 bridgehead atoms. The predicted molar refractivity (Wildman–Crippen MR) is 85.0 cm³/mol. The molecule has 0 spiro atoms. The van der Waals surface area contributed by atoms with Gasteiger partial charge >= 0.3 is 0 Å². The highest BCUT2D eigenvalue weighted by molar-refractivity contribution is 4.87. The predicted octanol–water partition coefficient (Wildman–Crippen LogP) is 2.90. The number of hydrogen-bond acceptors (Lipinski definition) is 3. The summed E-state index contributed by atoms with van der Waals surface area (Å²) in [7, 11) is 0. The lowest BCUT2D eigenvalue weighted by molar-refractivity contribution is -0.0742. The molecule has 1 saturated carbocycles. The first kappa shape index (κ1) is 16.3. The Balaban J connectivity index is 1.89. The summed E-state index contributed by atoms with van der Waals surface area (Å²) in [5.41, 5.74) is 0. The molecule has 1 aliphatic heterocycles. The normalized spacial score (nSPS) is 39.9. The fourth-order valence-electron chi connectivity index (χ4n) is 4.06.